The van der Waals surface area contributed by atoms with Crippen LogP contribution in [0.25, 0.3) is 0 Å². The Balaban J connectivity index is 1.93. The van der Waals surface area contributed by atoms with Crippen LogP contribution in [0.4, 0.5) is 0 Å². The van der Waals surface area contributed by atoms with Gasteiger partial charge in [0.15, 0.2) is 0 Å². The molecular formula is C17H27N. The van der Waals surface area contributed by atoms with Gasteiger partial charge < -0.3 is 5.32 Å². The second kappa shape index (κ2) is 5.88. The van der Waals surface area contributed by atoms with Crippen LogP contribution in [0.3, 0.4) is 0 Å². The first kappa shape index (κ1) is 13.6. The summed E-state index contributed by atoms with van der Waals surface area (Å²) in [6.07, 6.45) is 5.54. The quantitative estimate of drug-likeness (QED) is 0.788. The van der Waals surface area contributed by atoms with Gasteiger partial charge in [-0.15, -0.1) is 0 Å². The maximum Gasteiger partial charge on any atom is 0.0210 e. The predicted molar refractivity (Wildman–Crippen MR) is 78.9 cm³/mol. The van der Waals surface area contributed by atoms with E-state index < -0.39 is 0 Å². The van der Waals surface area contributed by atoms with Gasteiger partial charge in [-0.3, -0.25) is 0 Å². The van der Waals surface area contributed by atoms with Gasteiger partial charge in [-0.05, 0) is 61.8 Å². The number of aryl methyl sites for hydroxylation is 3. The molecule has 18 heavy (non-hydrogen) atoms. The lowest BCUT2D eigenvalue weighted by molar-refractivity contribution is 0.444. The summed E-state index contributed by atoms with van der Waals surface area (Å²) in [5, 5.41) is 3.74. The van der Waals surface area contributed by atoms with Crippen molar-refractivity contribution in [3.05, 3.63) is 34.4 Å². The molecule has 0 spiro atoms. The Labute approximate surface area is 112 Å². The summed E-state index contributed by atoms with van der Waals surface area (Å²) in [5.74, 6) is 1.02. The number of nitrogens with one attached hydrogen (secondary N) is 1. The molecule has 1 heteroatoms. The Morgan fingerprint density at radius 2 is 1.78 bits per heavy atom. The maximum atomic E-state index is 3.74. The Morgan fingerprint density at radius 1 is 1.11 bits per heavy atom. The molecule has 1 N–H and O–H groups in total. The van der Waals surface area contributed by atoms with Crippen molar-refractivity contribution in [2.45, 2.75) is 66.0 Å². The third kappa shape index (κ3) is 3.58. The highest BCUT2D eigenvalue weighted by Crippen LogP contribution is 2.34. The van der Waals surface area contributed by atoms with E-state index in [1.807, 2.05) is 0 Å². The first-order valence-electron chi connectivity index (χ1n) is 7.40. The van der Waals surface area contributed by atoms with Crippen molar-refractivity contribution in [3.63, 3.8) is 0 Å². The molecule has 0 saturated heterocycles. The van der Waals surface area contributed by atoms with E-state index in [1.165, 1.54) is 47.9 Å². The summed E-state index contributed by atoms with van der Waals surface area (Å²) in [6.45, 7) is 9.96. The lowest BCUT2D eigenvalue weighted by Gasteiger charge is -2.18. The van der Waals surface area contributed by atoms with Crippen LogP contribution < -0.4 is 5.32 Å². The molecule has 1 aromatic carbocycles. The lowest BCUT2D eigenvalue weighted by atomic mass is 10.00. The van der Waals surface area contributed by atoms with Gasteiger partial charge in [0.25, 0.3) is 0 Å². The van der Waals surface area contributed by atoms with Gasteiger partial charge in [0.05, 0.1) is 0 Å². The highest BCUT2D eigenvalue weighted by Gasteiger charge is 2.24. The second-order valence-electron chi connectivity index (χ2n) is 6.03. The van der Waals surface area contributed by atoms with E-state index in [-0.39, 0.29) is 0 Å². The number of rotatable bonds is 6. The Kier molecular flexibility index (Phi) is 4.45. The molecule has 2 rings (SSSR count). The molecule has 0 aliphatic heterocycles. The van der Waals surface area contributed by atoms with E-state index in [1.54, 1.807) is 0 Å². The third-order valence-corrected chi connectivity index (χ3v) is 4.34. The van der Waals surface area contributed by atoms with E-state index >= 15 is 0 Å². The Morgan fingerprint density at radius 3 is 2.39 bits per heavy atom. The monoisotopic (exact) mass is 245 g/mol. The molecular weight excluding hydrogens is 218 g/mol. The standard InChI is InChI=1S/C17H27N/c1-5-17(10-15-6-7-15)18-11-16-9-13(3)12(2)8-14(16)4/h8-9,15,17-18H,5-7,10-11H2,1-4H3. The summed E-state index contributed by atoms with van der Waals surface area (Å²) < 4.78 is 0. The van der Waals surface area contributed by atoms with Gasteiger partial charge in [0.1, 0.15) is 0 Å². The summed E-state index contributed by atoms with van der Waals surface area (Å²) in [5.41, 5.74) is 5.70. The van der Waals surface area contributed by atoms with Crippen LogP contribution in [0.15, 0.2) is 12.1 Å². The van der Waals surface area contributed by atoms with Gasteiger partial charge in [0.2, 0.25) is 0 Å². The molecule has 1 aliphatic rings. The van der Waals surface area contributed by atoms with Crippen molar-refractivity contribution in [1.29, 1.82) is 0 Å². The van der Waals surface area contributed by atoms with Gasteiger partial charge >= 0.3 is 0 Å². The Bertz CT molecular complexity index is 404. The number of hydrogen-bond acceptors (Lipinski definition) is 1. The van der Waals surface area contributed by atoms with E-state index in [0.717, 1.165) is 12.5 Å². The highest BCUT2D eigenvalue weighted by atomic mass is 14.9. The van der Waals surface area contributed by atoms with Crippen LogP contribution in [-0.2, 0) is 6.54 Å². The molecule has 0 aromatic heterocycles. The molecule has 1 saturated carbocycles. The predicted octanol–water partition coefficient (Wildman–Crippen LogP) is 4.28. The van der Waals surface area contributed by atoms with Gasteiger partial charge in [-0.25, -0.2) is 0 Å². The smallest absolute Gasteiger partial charge is 0.0210 e. The zero-order valence-corrected chi connectivity index (χ0v) is 12.3. The summed E-state index contributed by atoms with van der Waals surface area (Å²) in [7, 11) is 0. The van der Waals surface area contributed by atoms with Crippen molar-refractivity contribution < 1.29 is 0 Å². The van der Waals surface area contributed by atoms with Crippen molar-refractivity contribution >= 4 is 0 Å². The lowest BCUT2D eigenvalue weighted by Crippen LogP contribution is -2.28. The third-order valence-electron chi connectivity index (χ3n) is 4.34. The topological polar surface area (TPSA) is 12.0 Å². The molecule has 0 radical (unpaired) electrons. The first-order valence-corrected chi connectivity index (χ1v) is 7.40. The van der Waals surface area contributed by atoms with Gasteiger partial charge in [-0.2, -0.15) is 0 Å². The molecule has 1 aromatic rings. The van der Waals surface area contributed by atoms with Crippen LogP contribution in [0.1, 0.15) is 54.9 Å². The molecule has 100 valence electrons. The fourth-order valence-electron chi connectivity index (χ4n) is 2.62. The average Bonchev–Trinajstić information content (AvgIpc) is 3.14. The first-order chi connectivity index (χ1) is 8.60. The summed E-state index contributed by atoms with van der Waals surface area (Å²) in [4.78, 5) is 0. The van der Waals surface area contributed by atoms with E-state index in [2.05, 4.69) is 45.1 Å². The minimum absolute atomic E-state index is 0.707. The molecule has 0 bridgehead atoms. The van der Waals surface area contributed by atoms with Gasteiger partial charge in [0, 0.05) is 12.6 Å². The van der Waals surface area contributed by atoms with Crippen molar-refractivity contribution in [3.8, 4) is 0 Å². The van der Waals surface area contributed by atoms with Crippen LogP contribution in [0.2, 0.25) is 0 Å². The molecule has 1 fully saturated rings. The van der Waals surface area contributed by atoms with E-state index in [0.29, 0.717) is 6.04 Å². The molecule has 0 heterocycles. The molecule has 0 amide bonds. The normalized spacial score (nSPS) is 16.9. The van der Waals surface area contributed by atoms with Gasteiger partial charge in [-0.1, -0.05) is 31.9 Å². The zero-order chi connectivity index (χ0) is 13.1. The molecule has 1 unspecified atom stereocenters. The summed E-state index contributed by atoms with van der Waals surface area (Å²) >= 11 is 0. The summed E-state index contributed by atoms with van der Waals surface area (Å²) in [6, 6.07) is 5.37. The fraction of sp³-hybridized carbons (Fsp3) is 0.647. The SMILES string of the molecule is CCC(CC1CC1)NCc1cc(C)c(C)cc1C. The largest absolute Gasteiger partial charge is 0.310 e. The molecule has 1 nitrogen and oxygen atoms in total. The molecule has 1 aliphatic carbocycles. The van der Waals surface area contributed by atoms with E-state index in [9.17, 15) is 0 Å². The maximum absolute atomic E-state index is 3.74. The second-order valence-corrected chi connectivity index (χ2v) is 6.03. The fourth-order valence-corrected chi connectivity index (χ4v) is 2.62. The van der Waals surface area contributed by atoms with E-state index in [4.69, 9.17) is 0 Å². The van der Waals surface area contributed by atoms with Crippen molar-refractivity contribution in [1.82, 2.24) is 5.32 Å². The number of hydrogen-bond donors (Lipinski definition) is 1. The zero-order valence-electron chi connectivity index (χ0n) is 12.3. The van der Waals surface area contributed by atoms with Crippen LogP contribution >= 0.6 is 0 Å². The minimum Gasteiger partial charge on any atom is -0.310 e. The molecule has 1 atom stereocenters. The van der Waals surface area contributed by atoms with Crippen LogP contribution in [0, 0.1) is 26.7 Å². The van der Waals surface area contributed by atoms with Crippen LogP contribution in [-0.4, -0.2) is 6.04 Å². The Hall–Kier alpha value is -0.820. The minimum atomic E-state index is 0.707. The van der Waals surface area contributed by atoms with Crippen molar-refractivity contribution in [2.24, 2.45) is 5.92 Å². The highest BCUT2D eigenvalue weighted by molar-refractivity contribution is 5.36. The van der Waals surface area contributed by atoms with Crippen molar-refractivity contribution in [2.75, 3.05) is 0 Å². The number of benzene rings is 1. The average molecular weight is 245 g/mol. The van der Waals surface area contributed by atoms with Crippen LogP contribution in [0.5, 0.6) is 0 Å².